The second kappa shape index (κ2) is 14.8. The van der Waals surface area contributed by atoms with Gasteiger partial charge in [0.15, 0.2) is 0 Å². The summed E-state index contributed by atoms with van der Waals surface area (Å²) in [6.45, 7) is 7.64. The lowest BCUT2D eigenvalue weighted by Crippen LogP contribution is -2.60. The fourth-order valence-electron chi connectivity index (χ4n) is 7.93. The third-order valence-corrected chi connectivity index (χ3v) is 13.3. The van der Waals surface area contributed by atoms with Crippen LogP contribution in [0.5, 0.6) is 5.75 Å². The Balaban J connectivity index is 1.24. The Bertz CT molecular complexity index is 2020. The van der Waals surface area contributed by atoms with Crippen LogP contribution in [-0.2, 0) is 33.9 Å². The number of ether oxygens (including phenoxy) is 2. The van der Waals surface area contributed by atoms with E-state index in [2.05, 4.69) is 15.4 Å². The van der Waals surface area contributed by atoms with E-state index in [1.54, 1.807) is 7.11 Å². The van der Waals surface area contributed by atoms with Crippen LogP contribution in [0.1, 0.15) is 89.8 Å². The van der Waals surface area contributed by atoms with E-state index in [1.165, 1.54) is 4.90 Å². The number of nitrogens with zero attached hydrogens (tertiary/aromatic N) is 2. The molecule has 1 aromatic heterocycles. The predicted molar refractivity (Wildman–Crippen MR) is 206 cm³/mol. The molecule has 2 aliphatic heterocycles. The summed E-state index contributed by atoms with van der Waals surface area (Å²) < 4.78 is 40.5. The van der Waals surface area contributed by atoms with Crippen molar-refractivity contribution in [3.05, 3.63) is 65.9 Å². The zero-order chi connectivity index (χ0) is 39.3. The van der Waals surface area contributed by atoms with Gasteiger partial charge in [-0.3, -0.25) is 28.9 Å². The summed E-state index contributed by atoms with van der Waals surface area (Å²) in [5, 5.41) is 5.24. The van der Waals surface area contributed by atoms with E-state index < -0.39 is 68.1 Å². The molecule has 13 nitrogen and oxygen atoms in total. The summed E-state index contributed by atoms with van der Waals surface area (Å²) in [7, 11) is -2.24. The summed E-state index contributed by atoms with van der Waals surface area (Å²) in [6, 6.07) is 9.56. The molecule has 3 N–H and O–H groups in total. The number of carbonyl (C=O) groups is 4. The SMILES string of the molecule is COC1C=Cc2c(OC3CC4C(=O)NC5(C(=O)NS(=O)(=O)C6CC6)CC5C=CCCCC(=O)NC(C(C)(C)C)C(=O)N4C3)cc(-c3ccccc3)nc2C1C. The molecule has 1 saturated heterocycles. The number of pyridine rings is 1. The molecule has 3 heterocycles. The van der Waals surface area contributed by atoms with E-state index in [-0.39, 0.29) is 43.7 Å². The summed E-state index contributed by atoms with van der Waals surface area (Å²) in [4.78, 5) is 62.6. The van der Waals surface area contributed by atoms with Crippen LogP contribution in [0.25, 0.3) is 17.3 Å². The fourth-order valence-corrected chi connectivity index (χ4v) is 9.29. The van der Waals surface area contributed by atoms with Crippen LogP contribution >= 0.6 is 0 Å². The average molecular weight is 774 g/mol. The van der Waals surface area contributed by atoms with Crippen molar-refractivity contribution in [2.24, 2.45) is 11.3 Å². The van der Waals surface area contributed by atoms with Crippen LogP contribution in [0.4, 0.5) is 0 Å². The van der Waals surface area contributed by atoms with E-state index >= 15 is 0 Å². The molecular formula is C41H51N5O8S. The molecule has 1 aromatic carbocycles. The number of aromatic nitrogens is 1. The van der Waals surface area contributed by atoms with E-state index in [1.807, 2.05) is 88.4 Å². The molecule has 3 aliphatic carbocycles. The quantitative estimate of drug-likeness (QED) is 0.352. The van der Waals surface area contributed by atoms with Gasteiger partial charge in [-0.25, -0.2) is 8.42 Å². The minimum Gasteiger partial charge on any atom is -0.488 e. The number of allylic oxidation sites excluding steroid dienone is 1. The molecule has 5 aliphatic rings. The number of fused-ring (bicyclic) bond motifs is 3. The number of benzene rings is 1. The maximum Gasteiger partial charge on any atom is 0.259 e. The Labute approximate surface area is 322 Å². The van der Waals surface area contributed by atoms with Crippen molar-refractivity contribution in [2.75, 3.05) is 13.7 Å². The van der Waals surface area contributed by atoms with Crippen LogP contribution in [-0.4, -0.2) is 90.7 Å². The standard InChI is InChI=1S/C41H51N5O8S/c1-24-32(53-5)19-18-29-33(21-30(42-35(24)29)25-12-8-6-9-13-25)54-27-20-31-37(48)44-41(39(50)45-55(51,52)28-16-17-28)22-26(41)14-10-7-11-15-34(47)43-36(40(2,3)4)38(49)46(31)23-27/h6,8-10,12-14,18-19,21,24,26-28,31-32,36H,7,11,15-17,20,22-23H2,1-5H3,(H,43,47)(H,44,48)(H,45,50). The first-order chi connectivity index (χ1) is 26.1. The second-order valence-electron chi connectivity index (χ2n) is 16.6. The van der Waals surface area contributed by atoms with Crippen molar-refractivity contribution in [2.45, 2.75) is 114 Å². The molecule has 294 valence electrons. The molecule has 0 spiro atoms. The minimum absolute atomic E-state index is 0.0235. The maximum atomic E-state index is 14.6. The molecule has 0 radical (unpaired) electrons. The molecule has 7 rings (SSSR count). The number of sulfonamides is 1. The highest BCUT2D eigenvalue weighted by atomic mass is 32.2. The first-order valence-corrected chi connectivity index (χ1v) is 20.8. The molecule has 14 heteroatoms. The Kier molecular flexibility index (Phi) is 10.4. The molecule has 4 amide bonds. The Morgan fingerprint density at radius 3 is 2.53 bits per heavy atom. The topological polar surface area (TPSA) is 173 Å². The summed E-state index contributed by atoms with van der Waals surface area (Å²) >= 11 is 0. The molecule has 2 saturated carbocycles. The summed E-state index contributed by atoms with van der Waals surface area (Å²) in [5.41, 5.74) is 0.946. The fraction of sp³-hybridized carbons (Fsp3) is 0.537. The van der Waals surface area contributed by atoms with Gasteiger partial charge in [0.1, 0.15) is 29.5 Å². The number of hydrogen-bond donors (Lipinski definition) is 3. The third kappa shape index (κ3) is 7.93. The largest absolute Gasteiger partial charge is 0.488 e. The van der Waals surface area contributed by atoms with Crippen molar-refractivity contribution < 1.29 is 37.1 Å². The minimum atomic E-state index is -3.89. The Morgan fingerprint density at radius 2 is 1.84 bits per heavy atom. The van der Waals surface area contributed by atoms with Gasteiger partial charge in [0.2, 0.25) is 27.7 Å². The Hall–Kier alpha value is -4.56. The van der Waals surface area contributed by atoms with Gasteiger partial charge in [0.25, 0.3) is 5.91 Å². The van der Waals surface area contributed by atoms with Crippen LogP contribution in [0.3, 0.4) is 0 Å². The molecule has 0 bridgehead atoms. The first-order valence-electron chi connectivity index (χ1n) is 19.2. The number of carbonyl (C=O) groups excluding carboxylic acids is 4. The average Bonchev–Trinajstić information content (AvgIpc) is 4.07. The van der Waals surface area contributed by atoms with Crippen LogP contribution in [0.2, 0.25) is 0 Å². The van der Waals surface area contributed by atoms with Gasteiger partial charge in [0, 0.05) is 49.0 Å². The zero-order valence-corrected chi connectivity index (χ0v) is 32.9. The smallest absolute Gasteiger partial charge is 0.259 e. The molecular weight excluding hydrogens is 723 g/mol. The second-order valence-corrected chi connectivity index (χ2v) is 18.6. The van der Waals surface area contributed by atoms with Gasteiger partial charge >= 0.3 is 0 Å². The predicted octanol–water partition coefficient (Wildman–Crippen LogP) is 4.00. The lowest BCUT2D eigenvalue weighted by atomic mass is 9.85. The van der Waals surface area contributed by atoms with Crippen molar-refractivity contribution >= 4 is 39.7 Å². The molecule has 7 atom stereocenters. The van der Waals surface area contributed by atoms with Gasteiger partial charge in [0.05, 0.1) is 29.3 Å². The van der Waals surface area contributed by atoms with Crippen LogP contribution in [0.15, 0.2) is 54.6 Å². The summed E-state index contributed by atoms with van der Waals surface area (Å²) in [6.07, 6.45) is 9.14. The number of nitrogens with one attached hydrogen (secondary N) is 3. The molecule has 7 unspecified atom stereocenters. The van der Waals surface area contributed by atoms with Gasteiger partial charge < -0.3 is 25.0 Å². The lowest BCUT2D eigenvalue weighted by Gasteiger charge is -2.35. The van der Waals surface area contributed by atoms with Crippen LogP contribution < -0.4 is 20.1 Å². The highest BCUT2D eigenvalue weighted by molar-refractivity contribution is 7.91. The number of amides is 4. The van der Waals surface area contributed by atoms with Crippen molar-refractivity contribution in [3.8, 4) is 17.0 Å². The van der Waals surface area contributed by atoms with E-state index in [4.69, 9.17) is 14.5 Å². The summed E-state index contributed by atoms with van der Waals surface area (Å²) in [5.74, 6) is -2.12. The molecule has 55 heavy (non-hydrogen) atoms. The van der Waals surface area contributed by atoms with E-state index in [0.29, 0.717) is 37.1 Å². The number of hydrogen-bond acceptors (Lipinski definition) is 9. The number of rotatable bonds is 7. The van der Waals surface area contributed by atoms with Gasteiger partial charge in [-0.1, -0.05) is 82.3 Å². The van der Waals surface area contributed by atoms with E-state index in [9.17, 15) is 27.6 Å². The third-order valence-electron chi connectivity index (χ3n) is 11.4. The zero-order valence-electron chi connectivity index (χ0n) is 32.0. The monoisotopic (exact) mass is 773 g/mol. The van der Waals surface area contributed by atoms with Gasteiger partial charge in [-0.2, -0.15) is 0 Å². The maximum absolute atomic E-state index is 14.6. The highest BCUT2D eigenvalue weighted by Crippen LogP contribution is 2.46. The van der Waals surface area contributed by atoms with Crippen molar-refractivity contribution in [1.29, 1.82) is 0 Å². The Morgan fingerprint density at radius 1 is 1.09 bits per heavy atom. The molecule has 2 aromatic rings. The normalized spacial score (nSPS) is 29.8. The first kappa shape index (κ1) is 38.7. The highest BCUT2D eigenvalue weighted by Gasteiger charge is 2.62. The van der Waals surface area contributed by atoms with Gasteiger partial charge in [-0.05, 0) is 37.5 Å². The van der Waals surface area contributed by atoms with Crippen molar-refractivity contribution in [3.63, 3.8) is 0 Å². The lowest BCUT2D eigenvalue weighted by molar-refractivity contribution is -0.144. The van der Waals surface area contributed by atoms with Gasteiger partial charge in [-0.15, -0.1) is 0 Å². The number of methoxy groups -OCH3 is 1. The molecule has 3 fully saturated rings. The van der Waals surface area contributed by atoms with E-state index in [0.717, 1.165) is 16.8 Å². The van der Waals surface area contributed by atoms with Crippen LogP contribution in [0, 0.1) is 11.3 Å². The van der Waals surface area contributed by atoms with Crippen molar-refractivity contribution in [1.82, 2.24) is 25.2 Å².